The van der Waals surface area contributed by atoms with E-state index in [0.29, 0.717) is 5.92 Å². The maximum Gasteiger partial charge on any atom is 0.0679 e. The highest BCUT2D eigenvalue weighted by Gasteiger charge is 2.27. The molecule has 0 bridgehead atoms. The summed E-state index contributed by atoms with van der Waals surface area (Å²) in [5.41, 5.74) is 4.10. The normalized spacial score (nSPS) is 22.6. The summed E-state index contributed by atoms with van der Waals surface area (Å²) in [5.74, 6) is 6.16. The first kappa shape index (κ1) is 12.5. The van der Waals surface area contributed by atoms with Crippen molar-refractivity contribution in [3.63, 3.8) is 0 Å². The third-order valence-corrected chi connectivity index (χ3v) is 3.35. The Morgan fingerprint density at radius 3 is 3.24 bits per heavy atom. The smallest absolute Gasteiger partial charge is 0.0679 e. The molecule has 1 aliphatic rings. The van der Waals surface area contributed by atoms with Crippen molar-refractivity contribution in [2.24, 2.45) is 11.8 Å². The van der Waals surface area contributed by atoms with E-state index in [4.69, 9.17) is 10.6 Å². The molecule has 0 aromatic carbocycles. The summed E-state index contributed by atoms with van der Waals surface area (Å²) in [6.45, 7) is 4.75. The second-order valence-electron chi connectivity index (χ2n) is 4.60. The van der Waals surface area contributed by atoms with Crippen molar-refractivity contribution >= 4 is 0 Å². The summed E-state index contributed by atoms with van der Waals surface area (Å²) >= 11 is 0. The van der Waals surface area contributed by atoms with Gasteiger partial charge in [-0.05, 0) is 25.3 Å². The van der Waals surface area contributed by atoms with Crippen LogP contribution in [0.25, 0.3) is 0 Å². The minimum Gasteiger partial charge on any atom is -0.381 e. The fraction of sp³-hybridized carbons (Fsp3) is 0.750. The van der Waals surface area contributed by atoms with Crippen LogP contribution in [0.4, 0.5) is 0 Å². The molecule has 0 radical (unpaired) electrons. The lowest BCUT2D eigenvalue weighted by Gasteiger charge is -2.30. The summed E-state index contributed by atoms with van der Waals surface area (Å²) in [6, 6.07) is 2.19. The van der Waals surface area contributed by atoms with E-state index in [1.165, 1.54) is 5.69 Å². The fourth-order valence-electron chi connectivity index (χ4n) is 2.50. The van der Waals surface area contributed by atoms with Gasteiger partial charge in [-0.3, -0.25) is 16.0 Å². The Labute approximate surface area is 102 Å². The van der Waals surface area contributed by atoms with E-state index in [0.717, 1.165) is 39.0 Å². The summed E-state index contributed by atoms with van der Waals surface area (Å²) in [4.78, 5) is 0. The van der Waals surface area contributed by atoms with Gasteiger partial charge in [0.1, 0.15) is 0 Å². The molecule has 5 nitrogen and oxygen atoms in total. The highest BCUT2D eigenvalue weighted by atomic mass is 16.5. The van der Waals surface area contributed by atoms with E-state index in [1.807, 2.05) is 10.9 Å². The van der Waals surface area contributed by atoms with Crippen LogP contribution in [0.5, 0.6) is 0 Å². The molecule has 1 aliphatic heterocycles. The molecule has 0 saturated carbocycles. The summed E-state index contributed by atoms with van der Waals surface area (Å²) in [7, 11) is 0. The van der Waals surface area contributed by atoms with Gasteiger partial charge < -0.3 is 4.74 Å². The molecule has 2 unspecified atom stereocenters. The SMILES string of the molecule is CCCn1nccc1C(NN)C1CCCOC1. The number of nitrogens with two attached hydrogens (primary N) is 1. The number of nitrogens with one attached hydrogen (secondary N) is 1. The summed E-state index contributed by atoms with van der Waals surface area (Å²) < 4.78 is 7.58. The molecule has 1 aromatic heterocycles. The van der Waals surface area contributed by atoms with Crippen LogP contribution in [0.2, 0.25) is 0 Å². The van der Waals surface area contributed by atoms with Crippen LogP contribution in [-0.2, 0) is 11.3 Å². The highest BCUT2D eigenvalue weighted by molar-refractivity contribution is 5.08. The number of hydrogen-bond acceptors (Lipinski definition) is 4. The molecule has 0 amide bonds. The van der Waals surface area contributed by atoms with E-state index in [9.17, 15) is 0 Å². The van der Waals surface area contributed by atoms with Gasteiger partial charge in [0.2, 0.25) is 0 Å². The van der Waals surface area contributed by atoms with Gasteiger partial charge in [-0.1, -0.05) is 6.92 Å². The Kier molecular flexibility index (Phi) is 4.53. The van der Waals surface area contributed by atoms with Gasteiger partial charge in [0, 0.05) is 25.3 Å². The molecule has 0 aliphatic carbocycles. The second-order valence-corrected chi connectivity index (χ2v) is 4.60. The van der Waals surface area contributed by atoms with E-state index in [2.05, 4.69) is 23.5 Å². The molecule has 1 fully saturated rings. The third kappa shape index (κ3) is 2.86. The van der Waals surface area contributed by atoms with Crippen molar-refractivity contribution in [1.29, 1.82) is 0 Å². The van der Waals surface area contributed by atoms with E-state index < -0.39 is 0 Å². The van der Waals surface area contributed by atoms with Gasteiger partial charge in [0.15, 0.2) is 0 Å². The molecule has 1 saturated heterocycles. The van der Waals surface area contributed by atoms with Gasteiger partial charge in [0.05, 0.1) is 18.3 Å². The Morgan fingerprint density at radius 1 is 1.71 bits per heavy atom. The monoisotopic (exact) mass is 238 g/mol. The summed E-state index contributed by atoms with van der Waals surface area (Å²) in [5, 5.41) is 4.35. The maximum absolute atomic E-state index is 5.71. The first-order chi connectivity index (χ1) is 8.36. The predicted molar refractivity (Wildman–Crippen MR) is 66.1 cm³/mol. The maximum atomic E-state index is 5.71. The Balaban J connectivity index is 2.12. The number of ether oxygens (including phenoxy) is 1. The molecular formula is C12H22N4O. The number of hydrogen-bond donors (Lipinski definition) is 2. The van der Waals surface area contributed by atoms with Gasteiger partial charge in [-0.15, -0.1) is 0 Å². The lowest BCUT2D eigenvalue weighted by atomic mass is 9.92. The first-order valence-electron chi connectivity index (χ1n) is 6.42. The largest absolute Gasteiger partial charge is 0.381 e. The average Bonchev–Trinajstić information content (AvgIpc) is 2.81. The van der Waals surface area contributed by atoms with E-state index in [-0.39, 0.29) is 6.04 Å². The minimum absolute atomic E-state index is 0.143. The minimum atomic E-state index is 0.143. The van der Waals surface area contributed by atoms with Crippen molar-refractivity contribution < 1.29 is 4.74 Å². The molecular weight excluding hydrogens is 216 g/mol. The van der Waals surface area contributed by atoms with Crippen molar-refractivity contribution in [2.75, 3.05) is 13.2 Å². The molecule has 96 valence electrons. The molecule has 3 N–H and O–H groups in total. The summed E-state index contributed by atoms with van der Waals surface area (Å²) in [6.07, 6.45) is 5.20. The number of hydrazine groups is 1. The third-order valence-electron chi connectivity index (χ3n) is 3.35. The van der Waals surface area contributed by atoms with E-state index >= 15 is 0 Å². The lowest BCUT2D eigenvalue weighted by molar-refractivity contribution is 0.0376. The highest BCUT2D eigenvalue weighted by Crippen LogP contribution is 2.28. The molecule has 2 heterocycles. The molecule has 2 atom stereocenters. The zero-order valence-corrected chi connectivity index (χ0v) is 10.4. The number of aryl methyl sites for hydroxylation is 1. The van der Waals surface area contributed by atoms with Crippen LogP contribution >= 0.6 is 0 Å². The van der Waals surface area contributed by atoms with Crippen molar-refractivity contribution in [1.82, 2.24) is 15.2 Å². The Hall–Kier alpha value is -0.910. The molecule has 5 heteroatoms. The number of aromatic nitrogens is 2. The van der Waals surface area contributed by atoms with Crippen LogP contribution in [0.3, 0.4) is 0 Å². The van der Waals surface area contributed by atoms with Crippen LogP contribution in [-0.4, -0.2) is 23.0 Å². The molecule has 17 heavy (non-hydrogen) atoms. The van der Waals surface area contributed by atoms with Crippen LogP contribution in [0.15, 0.2) is 12.3 Å². The molecule has 2 rings (SSSR count). The first-order valence-corrected chi connectivity index (χ1v) is 6.42. The van der Waals surface area contributed by atoms with Crippen LogP contribution in [0, 0.1) is 5.92 Å². The van der Waals surface area contributed by atoms with Crippen molar-refractivity contribution in [2.45, 2.75) is 38.8 Å². The van der Waals surface area contributed by atoms with E-state index in [1.54, 1.807) is 0 Å². The molecule has 1 aromatic rings. The van der Waals surface area contributed by atoms with Crippen LogP contribution in [0.1, 0.15) is 37.9 Å². The predicted octanol–water partition coefficient (Wildman–Crippen LogP) is 1.22. The second kappa shape index (κ2) is 6.14. The Morgan fingerprint density at radius 2 is 2.59 bits per heavy atom. The van der Waals surface area contributed by atoms with Crippen molar-refractivity contribution in [3.05, 3.63) is 18.0 Å². The number of rotatable bonds is 5. The van der Waals surface area contributed by atoms with Gasteiger partial charge >= 0.3 is 0 Å². The zero-order chi connectivity index (χ0) is 12.1. The zero-order valence-electron chi connectivity index (χ0n) is 10.4. The Bertz CT molecular complexity index is 333. The average molecular weight is 238 g/mol. The van der Waals surface area contributed by atoms with Crippen molar-refractivity contribution in [3.8, 4) is 0 Å². The van der Waals surface area contributed by atoms with Crippen LogP contribution < -0.4 is 11.3 Å². The quantitative estimate of drug-likeness (QED) is 0.598. The fourth-order valence-corrected chi connectivity index (χ4v) is 2.50. The van der Waals surface area contributed by atoms with Gasteiger partial charge in [-0.25, -0.2) is 0 Å². The standard InChI is InChI=1S/C12H22N4O/c1-2-7-16-11(5-6-14-16)12(15-13)10-4-3-8-17-9-10/h5-6,10,12,15H,2-4,7-9,13H2,1H3. The topological polar surface area (TPSA) is 65.1 Å². The van der Waals surface area contributed by atoms with Gasteiger partial charge in [0.25, 0.3) is 0 Å². The van der Waals surface area contributed by atoms with Gasteiger partial charge in [-0.2, -0.15) is 5.10 Å². The lowest BCUT2D eigenvalue weighted by Crippen LogP contribution is -2.38. The number of nitrogens with zero attached hydrogens (tertiary/aromatic N) is 2. The molecule has 0 spiro atoms.